The second-order valence-corrected chi connectivity index (χ2v) is 24.8. The van der Waals surface area contributed by atoms with Crippen LogP contribution in [-0.4, -0.2) is 105 Å². The monoisotopic (exact) mass is 991 g/mol. The number of carbonyl (C=O) groups is 4. The van der Waals surface area contributed by atoms with Crippen LogP contribution in [-0.2, 0) is 33.4 Å². The molecule has 12 heteroatoms. The number of rotatable bonds is 19. The third kappa shape index (κ3) is 8.93. The summed E-state index contributed by atoms with van der Waals surface area (Å²) in [6.07, 6.45) is 17.0. The Kier molecular flexibility index (Phi) is 16.5. The van der Waals surface area contributed by atoms with Crippen LogP contribution in [0.25, 0.3) is 0 Å². The molecule has 0 radical (unpaired) electrons. The molecule has 398 valence electrons. The first-order valence-electron chi connectivity index (χ1n) is 27.6. The van der Waals surface area contributed by atoms with Crippen LogP contribution in [0, 0.1) is 69.0 Å². The third-order valence-electron chi connectivity index (χ3n) is 19.9. The highest BCUT2D eigenvalue weighted by atomic mass is 16.6. The van der Waals surface area contributed by atoms with Gasteiger partial charge in [0.15, 0.2) is 35.0 Å². The zero-order valence-corrected chi connectivity index (χ0v) is 45.1. The van der Waals surface area contributed by atoms with Gasteiger partial charge in [-0.05, 0) is 108 Å². The van der Waals surface area contributed by atoms with E-state index in [2.05, 4.69) is 34.6 Å². The Morgan fingerprint density at radius 3 is 1.39 bits per heavy atom. The molecule has 0 heterocycles. The van der Waals surface area contributed by atoms with Gasteiger partial charge in [0.25, 0.3) is 0 Å². The number of ketones is 2. The number of aliphatic hydroxyl groups is 5. The molecule has 0 aliphatic heterocycles. The first-order valence-corrected chi connectivity index (χ1v) is 27.6. The van der Waals surface area contributed by atoms with E-state index in [9.17, 15) is 44.7 Å². The fraction of sp³-hybridized carbons (Fsp3) is 0.797. The molecule has 16 atom stereocenters. The Labute approximate surface area is 424 Å². The van der Waals surface area contributed by atoms with Gasteiger partial charge in [0, 0.05) is 31.8 Å². The highest BCUT2D eigenvalue weighted by Gasteiger charge is 2.78. The fourth-order valence-corrected chi connectivity index (χ4v) is 15.8. The van der Waals surface area contributed by atoms with Crippen molar-refractivity contribution in [2.75, 3.05) is 20.3 Å². The molecule has 4 bridgehead atoms. The van der Waals surface area contributed by atoms with E-state index in [4.69, 9.17) is 14.2 Å². The Bertz CT molecular complexity index is 2150. The number of carbonyl (C=O) groups excluding carboxylic acids is 4. The van der Waals surface area contributed by atoms with Crippen LogP contribution in [0.2, 0.25) is 0 Å². The number of aliphatic hydroxyl groups excluding tert-OH is 3. The Morgan fingerprint density at radius 1 is 0.620 bits per heavy atom. The number of hydrogen-bond donors (Lipinski definition) is 5. The predicted molar refractivity (Wildman–Crippen MR) is 271 cm³/mol. The van der Waals surface area contributed by atoms with Crippen LogP contribution in [0.15, 0.2) is 46.6 Å². The van der Waals surface area contributed by atoms with E-state index >= 15 is 0 Å². The highest BCUT2D eigenvalue weighted by molar-refractivity contribution is 5.96. The lowest BCUT2D eigenvalue weighted by Crippen LogP contribution is -2.65. The molecule has 0 aromatic heterocycles. The second-order valence-electron chi connectivity index (χ2n) is 24.8. The van der Waals surface area contributed by atoms with Crippen molar-refractivity contribution in [1.82, 2.24) is 0 Å². The number of ether oxygens (including phenoxy) is 3. The summed E-state index contributed by atoms with van der Waals surface area (Å²) in [6, 6.07) is 0. The summed E-state index contributed by atoms with van der Waals surface area (Å²) in [4.78, 5) is 54.4. The summed E-state index contributed by atoms with van der Waals surface area (Å²) >= 11 is 0. The standard InChI is InChI=1S/C33H52O6.C26H38O6/c1-7-8-9-10-11-12-13-14-15-16-26(34)39-30-21(2)19-32-22(3)17-25-27(31(25,4)5)24(29(32)36)18-23(20-38-6)28(35)33(30,32)37;1-6-7-8-9-19(28)32-23-14(2)12-25-15(3)10-18-20(24(18,4)5)17(22(25)30)11-16(13-27)21(29)26(23,25)31/h18-19,22,24-25,27-28,30,35,37H,7-17,20H2,1-6H3;11-12,15,17-18,20-21,23,27,29,31H,6-10,13H2,1-5H3/t22-,24+,25-,27+,28-,30+,32+,33+;15-,17+,18-,20+,21-,23+,25+,26+/m11/s1. The third-order valence-corrected chi connectivity index (χ3v) is 19.9. The topological polar surface area (TPSA) is 197 Å². The number of Topliss-reactive ketones (excluding diaryl/α,β-unsaturated/α-hetero) is 2. The van der Waals surface area contributed by atoms with Crippen LogP contribution in [0.5, 0.6) is 0 Å². The van der Waals surface area contributed by atoms with Crippen LogP contribution in [0.3, 0.4) is 0 Å². The molecule has 8 rings (SSSR count). The second kappa shape index (κ2) is 21.0. The molecule has 2 spiro atoms. The highest BCUT2D eigenvalue weighted by Crippen LogP contribution is 2.73. The van der Waals surface area contributed by atoms with E-state index in [0.717, 1.165) is 44.9 Å². The van der Waals surface area contributed by atoms with Crippen molar-refractivity contribution in [2.45, 2.75) is 208 Å². The molecule has 8 aliphatic rings. The SMILES string of the molecule is CCCCCC(=O)O[C@H]1C(C)=C[C@]23C(=O)[C@@H](C=C(CO)[C@@H](O)[C@]12O)[C@H]1[C@@H](C[C@H]3C)C1(C)C.CCCCCCCCCCCC(=O)O[C@H]1C(C)=C[C@]23C(=O)[C@@H](C=C(COC)[C@@H](O)[C@]12O)[C@H]1[C@@H](C[C@H]3C)C1(C)C. The van der Waals surface area contributed by atoms with Crippen molar-refractivity contribution in [3.63, 3.8) is 0 Å². The minimum Gasteiger partial charge on any atom is -0.455 e. The minimum atomic E-state index is -2.04. The molecular weight excluding hydrogens is 901 g/mol. The van der Waals surface area contributed by atoms with Gasteiger partial charge in [0.05, 0.1) is 24.0 Å². The average Bonchev–Trinajstić information content (AvgIpc) is 4.03. The first-order chi connectivity index (χ1) is 33.5. The quantitative estimate of drug-likeness (QED) is 0.0469. The normalized spacial score (nSPS) is 40.8. The van der Waals surface area contributed by atoms with Crippen molar-refractivity contribution in [3.8, 4) is 0 Å². The van der Waals surface area contributed by atoms with Crippen molar-refractivity contribution >= 4 is 23.5 Å². The minimum absolute atomic E-state index is 0.0107. The number of unbranched alkanes of at least 4 members (excludes halogenated alkanes) is 10. The molecule has 4 fully saturated rings. The van der Waals surface area contributed by atoms with Gasteiger partial charge in [-0.2, -0.15) is 0 Å². The summed E-state index contributed by atoms with van der Waals surface area (Å²) in [6.45, 7) is 20.2. The molecule has 0 saturated heterocycles. The number of allylic oxidation sites excluding steroid dienone is 2. The maximum atomic E-state index is 14.5. The van der Waals surface area contributed by atoms with Gasteiger partial charge in [-0.3, -0.25) is 19.2 Å². The van der Waals surface area contributed by atoms with E-state index in [1.807, 2.05) is 39.8 Å². The Hall–Kier alpha value is -3.00. The smallest absolute Gasteiger partial charge is 0.306 e. The van der Waals surface area contributed by atoms with E-state index in [0.29, 0.717) is 35.0 Å². The molecule has 0 aromatic carbocycles. The van der Waals surface area contributed by atoms with Gasteiger partial charge in [-0.25, -0.2) is 0 Å². The van der Waals surface area contributed by atoms with Gasteiger partial charge in [-0.15, -0.1) is 0 Å². The predicted octanol–water partition coefficient (Wildman–Crippen LogP) is 8.89. The maximum Gasteiger partial charge on any atom is 0.306 e. The molecule has 4 saturated carbocycles. The van der Waals surface area contributed by atoms with Gasteiger partial charge >= 0.3 is 11.9 Å². The number of esters is 2. The number of hydrogen-bond acceptors (Lipinski definition) is 12. The lowest BCUT2D eigenvalue weighted by atomic mass is 9.59. The van der Waals surface area contributed by atoms with Crippen molar-refractivity contribution in [2.24, 2.45) is 69.0 Å². The number of fused-ring (bicyclic) bond motifs is 6. The zero-order valence-electron chi connectivity index (χ0n) is 45.1. The van der Waals surface area contributed by atoms with Crippen LogP contribution in [0.1, 0.15) is 172 Å². The van der Waals surface area contributed by atoms with E-state index in [-0.39, 0.29) is 77.1 Å². The number of methoxy groups -OCH3 is 1. The van der Waals surface area contributed by atoms with Crippen LogP contribution in [0.4, 0.5) is 0 Å². The molecule has 0 aromatic rings. The molecule has 8 aliphatic carbocycles. The lowest BCUT2D eigenvalue weighted by molar-refractivity contribution is -0.203. The van der Waals surface area contributed by atoms with E-state index < -0.39 is 70.9 Å². The molecular formula is C59H90O12. The van der Waals surface area contributed by atoms with Gasteiger partial charge < -0.3 is 39.7 Å². The van der Waals surface area contributed by atoms with Gasteiger partial charge in [0.1, 0.15) is 12.2 Å². The average molecular weight is 991 g/mol. The van der Waals surface area contributed by atoms with Crippen LogP contribution < -0.4 is 0 Å². The summed E-state index contributed by atoms with van der Waals surface area (Å²) in [5.41, 5.74) is -4.73. The van der Waals surface area contributed by atoms with Gasteiger partial charge in [-0.1, -0.05) is 144 Å². The molecule has 12 nitrogen and oxygen atoms in total. The summed E-state index contributed by atoms with van der Waals surface area (Å²) in [7, 11) is 1.55. The molecule has 71 heavy (non-hydrogen) atoms. The molecule has 0 amide bonds. The Morgan fingerprint density at radius 2 is 0.986 bits per heavy atom. The summed E-state index contributed by atoms with van der Waals surface area (Å²) in [5.74, 6) is -1.42. The van der Waals surface area contributed by atoms with E-state index in [1.165, 1.54) is 38.5 Å². The summed E-state index contributed by atoms with van der Waals surface area (Å²) < 4.78 is 17.2. The van der Waals surface area contributed by atoms with Crippen LogP contribution >= 0.6 is 0 Å². The molecule has 0 unspecified atom stereocenters. The fourth-order valence-electron chi connectivity index (χ4n) is 15.8. The van der Waals surface area contributed by atoms with Crippen molar-refractivity contribution in [1.29, 1.82) is 0 Å². The Balaban J connectivity index is 0.000000213. The lowest BCUT2D eigenvalue weighted by Gasteiger charge is -2.48. The summed E-state index contributed by atoms with van der Waals surface area (Å²) in [5, 5.41) is 58.1. The van der Waals surface area contributed by atoms with E-state index in [1.54, 1.807) is 26.2 Å². The first kappa shape index (κ1) is 55.7. The maximum absolute atomic E-state index is 14.5. The van der Waals surface area contributed by atoms with Crippen molar-refractivity contribution in [3.05, 3.63) is 46.6 Å². The van der Waals surface area contributed by atoms with Crippen molar-refractivity contribution < 1.29 is 58.9 Å². The largest absolute Gasteiger partial charge is 0.455 e. The zero-order chi connectivity index (χ0) is 52.2. The molecule has 5 N–H and O–H groups in total. The van der Waals surface area contributed by atoms with Gasteiger partial charge in [0.2, 0.25) is 0 Å².